The van der Waals surface area contributed by atoms with Crippen molar-refractivity contribution in [3.05, 3.63) is 149 Å². The van der Waals surface area contributed by atoms with Gasteiger partial charge in [0.25, 0.3) is 0 Å². The number of hydrogen-bond donors (Lipinski definition) is 0. The van der Waals surface area contributed by atoms with Crippen LogP contribution in [-0.2, 0) is 0 Å². The van der Waals surface area contributed by atoms with Crippen LogP contribution in [0.1, 0.15) is 55.5 Å². The summed E-state index contributed by atoms with van der Waals surface area (Å²) in [4.78, 5) is 7.05. The van der Waals surface area contributed by atoms with E-state index in [9.17, 15) is 0 Å². The van der Waals surface area contributed by atoms with Gasteiger partial charge in [-0.1, -0.05) is 90.5 Å². The number of rotatable bonds is 13. The lowest BCUT2D eigenvalue weighted by atomic mass is 10.1. The first-order valence-electron chi connectivity index (χ1n) is 16.6. The molecule has 0 fully saturated rings. The van der Waals surface area contributed by atoms with Crippen LogP contribution in [0, 0.1) is 6.92 Å². The van der Waals surface area contributed by atoms with Crippen LogP contribution in [0.25, 0.3) is 24.3 Å². The van der Waals surface area contributed by atoms with E-state index in [1.54, 1.807) is 0 Å². The molecule has 0 heterocycles. The maximum absolute atomic E-state index is 2.36. The Balaban J connectivity index is 1.33. The molecular weight excluding hydrogens is 558 g/mol. The minimum atomic E-state index is 1.02. The molecule has 0 saturated heterocycles. The first-order valence-corrected chi connectivity index (χ1v) is 16.6. The molecule has 0 N–H and O–H groups in total. The lowest BCUT2D eigenvalue weighted by Crippen LogP contribution is -2.21. The van der Waals surface area contributed by atoms with E-state index < -0.39 is 0 Å². The summed E-state index contributed by atoms with van der Waals surface area (Å²) in [5.41, 5.74) is 11.9. The lowest BCUT2D eigenvalue weighted by molar-refractivity contribution is 0.866. The monoisotopic (exact) mass is 605 g/mol. The molecule has 5 aromatic carbocycles. The first-order chi connectivity index (χ1) is 22.5. The number of anilines is 5. The molecule has 0 aliphatic rings. The minimum absolute atomic E-state index is 1.02. The standard InChI is InChI=1S/C43H47N3/c1-6-44(7-2)39-26-16-35(17-27-39)12-14-37-20-30-42(31-21-37)46(41-24-10-34(5)11-25-41)43-32-22-38(23-33-43)15-13-36-18-28-40(29-19-36)45(8-3)9-4/h10-33H,6-9H2,1-5H3/b14-12+,15-13+. The third-order valence-corrected chi connectivity index (χ3v) is 8.57. The topological polar surface area (TPSA) is 9.72 Å². The second-order valence-corrected chi connectivity index (χ2v) is 11.5. The summed E-state index contributed by atoms with van der Waals surface area (Å²) < 4.78 is 0. The minimum Gasteiger partial charge on any atom is -0.372 e. The van der Waals surface area contributed by atoms with E-state index in [1.807, 2.05) is 0 Å². The fourth-order valence-electron chi connectivity index (χ4n) is 5.76. The van der Waals surface area contributed by atoms with Gasteiger partial charge < -0.3 is 14.7 Å². The van der Waals surface area contributed by atoms with Crippen LogP contribution in [0.2, 0.25) is 0 Å². The quantitative estimate of drug-likeness (QED) is 0.124. The molecule has 0 atom stereocenters. The largest absolute Gasteiger partial charge is 0.372 e. The zero-order valence-corrected chi connectivity index (χ0v) is 28.0. The van der Waals surface area contributed by atoms with Crippen LogP contribution in [-0.4, -0.2) is 26.2 Å². The van der Waals surface area contributed by atoms with E-state index in [1.165, 1.54) is 39.2 Å². The number of benzene rings is 5. The second kappa shape index (κ2) is 15.8. The molecule has 0 aliphatic carbocycles. The van der Waals surface area contributed by atoms with E-state index in [4.69, 9.17) is 0 Å². The average Bonchev–Trinajstić information content (AvgIpc) is 3.10. The SMILES string of the molecule is CCN(CC)c1ccc(/C=C/c2ccc(N(c3ccc(C)cc3)c3ccc(/C=C/c4ccc(N(CC)CC)cc4)cc3)cc2)cc1. The van der Waals surface area contributed by atoms with Gasteiger partial charge in [0.1, 0.15) is 0 Å². The Morgan fingerprint density at radius 2 is 0.587 bits per heavy atom. The van der Waals surface area contributed by atoms with E-state index in [0.29, 0.717) is 0 Å². The van der Waals surface area contributed by atoms with Crippen molar-refractivity contribution in [2.45, 2.75) is 34.6 Å². The summed E-state index contributed by atoms with van der Waals surface area (Å²) in [5.74, 6) is 0. The summed E-state index contributed by atoms with van der Waals surface area (Å²) in [5, 5.41) is 0. The van der Waals surface area contributed by atoms with Gasteiger partial charge >= 0.3 is 0 Å². The maximum Gasteiger partial charge on any atom is 0.0462 e. The first kappa shape index (κ1) is 32.4. The van der Waals surface area contributed by atoms with Gasteiger partial charge in [-0.25, -0.2) is 0 Å². The van der Waals surface area contributed by atoms with Crippen molar-refractivity contribution in [3.63, 3.8) is 0 Å². The van der Waals surface area contributed by atoms with Gasteiger partial charge in [-0.05, 0) is 118 Å². The molecule has 0 amide bonds. The number of aryl methyl sites for hydroxylation is 1. The van der Waals surface area contributed by atoms with E-state index in [0.717, 1.165) is 43.2 Å². The molecule has 5 aromatic rings. The predicted octanol–water partition coefficient (Wildman–Crippen LogP) is 11.5. The Kier molecular flexibility index (Phi) is 11.1. The van der Waals surface area contributed by atoms with Gasteiger partial charge in [-0.3, -0.25) is 0 Å². The molecule has 0 radical (unpaired) electrons. The highest BCUT2D eigenvalue weighted by molar-refractivity contribution is 5.79. The summed E-state index contributed by atoms with van der Waals surface area (Å²) >= 11 is 0. The van der Waals surface area contributed by atoms with Crippen LogP contribution in [0.15, 0.2) is 121 Å². The molecule has 0 aromatic heterocycles. The fraction of sp³-hybridized carbons (Fsp3) is 0.209. The predicted molar refractivity (Wildman–Crippen MR) is 204 cm³/mol. The van der Waals surface area contributed by atoms with Gasteiger partial charge in [0, 0.05) is 54.6 Å². The number of hydrogen-bond acceptors (Lipinski definition) is 3. The molecule has 3 heteroatoms. The zero-order chi connectivity index (χ0) is 32.3. The molecule has 0 saturated carbocycles. The molecular formula is C43H47N3. The Hall–Kier alpha value is -5.02. The molecule has 0 aliphatic heterocycles. The summed E-state index contributed by atoms with van der Waals surface area (Å²) in [6.45, 7) is 15.0. The molecule has 0 bridgehead atoms. The zero-order valence-electron chi connectivity index (χ0n) is 28.0. The highest BCUT2D eigenvalue weighted by Crippen LogP contribution is 2.35. The van der Waals surface area contributed by atoms with Crippen molar-refractivity contribution in [3.8, 4) is 0 Å². The van der Waals surface area contributed by atoms with E-state index in [2.05, 4.69) is 195 Å². The van der Waals surface area contributed by atoms with Crippen molar-refractivity contribution in [1.82, 2.24) is 0 Å². The maximum atomic E-state index is 2.36. The van der Waals surface area contributed by atoms with Crippen molar-refractivity contribution in [1.29, 1.82) is 0 Å². The van der Waals surface area contributed by atoms with Crippen LogP contribution in [0.5, 0.6) is 0 Å². The van der Waals surface area contributed by atoms with Crippen LogP contribution >= 0.6 is 0 Å². The highest BCUT2D eigenvalue weighted by Gasteiger charge is 2.12. The molecule has 46 heavy (non-hydrogen) atoms. The average molecular weight is 606 g/mol. The summed E-state index contributed by atoms with van der Waals surface area (Å²) in [6, 6.07) is 44.0. The smallest absolute Gasteiger partial charge is 0.0462 e. The normalized spacial score (nSPS) is 11.3. The Labute approximate surface area is 276 Å². The van der Waals surface area contributed by atoms with E-state index in [-0.39, 0.29) is 0 Å². The van der Waals surface area contributed by atoms with Crippen molar-refractivity contribution >= 4 is 52.7 Å². The Morgan fingerprint density at radius 3 is 0.848 bits per heavy atom. The van der Waals surface area contributed by atoms with Crippen molar-refractivity contribution in [2.75, 3.05) is 40.9 Å². The van der Waals surface area contributed by atoms with Crippen LogP contribution in [0.4, 0.5) is 28.4 Å². The summed E-state index contributed by atoms with van der Waals surface area (Å²) in [6.07, 6.45) is 8.74. The van der Waals surface area contributed by atoms with Crippen molar-refractivity contribution in [2.24, 2.45) is 0 Å². The molecule has 3 nitrogen and oxygen atoms in total. The fourth-order valence-corrected chi connectivity index (χ4v) is 5.76. The van der Waals surface area contributed by atoms with Crippen LogP contribution < -0.4 is 14.7 Å². The third-order valence-electron chi connectivity index (χ3n) is 8.57. The van der Waals surface area contributed by atoms with Crippen LogP contribution in [0.3, 0.4) is 0 Å². The van der Waals surface area contributed by atoms with Gasteiger partial charge in [-0.15, -0.1) is 0 Å². The highest BCUT2D eigenvalue weighted by atomic mass is 15.1. The third kappa shape index (κ3) is 8.17. The lowest BCUT2D eigenvalue weighted by Gasteiger charge is -2.26. The van der Waals surface area contributed by atoms with Gasteiger partial charge in [0.15, 0.2) is 0 Å². The summed E-state index contributed by atoms with van der Waals surface area (Å²) in [7, 11) is 0. The molecule has 0 spiro atoms. The Morgan fingerprint density at radius 1 is 0.348 bits per heavy atom. The number of nitrogens with zero attached hydrogens (tertiary/aromatic N) is 3. The Bertz CT molecular complexity index is 1580. The van der Waals surface area contributed by atoms with Gasteiger partial charge in [-0.2, -0.15) is 0 Å². The van der Waals surface area contributed by atoms with Gasteiger partial charge in [0.05, 0.1) is 0 Å². The van der Waals surface area contributed by atoms with Gasteiger partial charge in [0.2, 0.25) is 0 Å². The van der Waals surface area contributed by atoms with Crippen molar-refractivity contribution < 1.29 is 0 Å². The second-order valence-electron chi connectivity index (χ2n) is 11.5. The van der Waals surface area contributed by atoms with E-state index >= 15 is 0 Å². The molecule has 0 unspecified atom stereocenters. The molecule has 234 valence electrons. The molecule has 5 rings (SSSR count).